The molecule has 1 N–H and O–H groups in total. The van der Waals surface area contributed by atoms with E-state index in [9.17, 15) is 4.79 Å². The Morgan fingerprint density at radius 3 is 2.85 bits per heavy atom. The number of alkyl halides is 1. The summed E-state index contributed by atoms with van der Waals surface area (Å²) >= 11 is 5.21. The first kappa shape index (κ1) is 13.8. The third-order valence-corrected chi connectivity index (χ3v) is 5.37. The van der Waals surface area contributed by atoms with Crippen LogP contribution >= 0.6 is 27.3 Å². The highest BCUT2D eigenvalue weighted by Gasteiger charge is 2.22. The van der Waals surface area contributed by atoms with Crippen LogP contribution in [0.25, 0.3) is 0 Å². The summed E-state index contributed by atoms with van der Waals surface area (Å²) in [5, 5.41) is 6.11. The molecule has 0 bridgehead atoms. The summed E-state index contributed by atoms with van der Waals surface area (Å²) in [6.45, 7) is 0. The lowest BCUT2D eigenvalue weighted by Gasteiger charge is -2.23. The first-order valence-corrected chi connectivity index (χ1v) is 8.80. The molecule has 20 heavy (non-hydrogen) atoms. The van der Waals surface area contributed by atoms with Crippen LogP contribution in [-0.2, 0) is 11.8 Å². The van der Waals surface area contributed by atoms with E-state index >= 15 is 0 Å². The molecule has 1 aliphatic rings. The van der Waals surface area contributed by atoms with E-state index in [-0.39, 0.29) is 11.9 Å². The quantitative estimate of drug-likeness (QED) is 0.814. The van der Waals surface area contributed by atoms with Crippen molar-refractivity contribution in [3.8, 4) is 0 Å². The lowest BCUT2D eigenvalue weighted by Crippen LogP contribution is -2.30. The Morgan fingerprint density at radius 1 is 1.30 bits per heavy atom. The number of carbonyl (C=O) groups excluding carboxylic acids is 1. The average molecular weight is 350 g/mol. The molecule has 2 aromatic rings. The molecule has 1 heterocycles. The average Bonchev–Trinajstić information content (AvgIpc) is 2.97. The molecule has 1 amide bonds. The van der Waals surface area contributed by atoms with Crippen LogP contribution in [0.5, 0.6) is 0 Å². The van der Waals surface area contributed by atoms with E-state index in [1.165, 1.54) is 16.0 Å². The van der Waals surface area contributed by atoms with Gasteiger partial charge in [-0.2, -0.15) is 0 Å². The van der Waals surface area contributed by atoms with Crippen molar-refractivity contribution in [1.82, 2.24) is 5.32 Å². The van der Waals surface area contributed by atoms with Crippen LogP contribution in [0, 0.1) is 0 Å². The van der Waals surface area contributed by atoms with Crippen LogP contribution < -0.4 is 5.32 Å². The largest absolute Gasteiger partial charge is 0.345 e. The molecule has 2 nitrogen and oxygen atoms in total. The van der Waals surface area contributed by atoms with Crippen LogP contribution in [-0.4, -0.2) is 5.91 Å². The molecule has 0 fully saturated rings. The highest BCUT2D eigenvalue weighted by atomic mass is 79.9. The number of hydrogen-bond acceptors (Lipinski definition) is 2. The van der Waals surface area contributed by atoms with Gasteiger partial charge in [-0.1, -0.05) is 28.1 Å². The van der Waals surface area contributed by atoms with Gasteiger partial charge in [0.2, 0.25) is 0 Å². The van der Waals surface area contributed by atoms with Gasteiger partial charge in [-0.05, 0) is 54.0 Å². The molecule has 4 heteroatoms. The van der Waals surface area contributed by atoms with Crippen molar-refractivity contribution in [3.63, 3.8) is 0 Å². The Morgan fingerprint density at radius 2 is 2.10 bits per heavy atom. The Hall–Kier alpha value is -1.13. The van der Waals surface area contributed by atoms with Gasteiger partial charge in [0.05, 0.1) is 6.04 Å². The number of halogens is 1. The minimum atomic E-state index is 0.0233. The Balaban J connectivity index is 1.73. The fraction of sp³-hybridized carbons (Fsp3) is 0.312. The standard InChI is InChI=1S/C16H16BrNOS/c17-10-11-4-6-12(7-5-11)16(19)18-14-2-1-3-15-13(14)8-9-20-15/h4-9,14H,1-3,10H2,(H,18,19). The van der Waals surface area contributed by atoms with E-state index < -0.39 is 0 Å². The molecule has 1 aromatic carbocycles. The monoisotopic (exact) mass is 349 g/mol. The molecule has 1 aliphatic carbocycles. The number of rotatable bonds is 3. The zero-order valence-corrected chi connectivity index (χ0v) is 13.5. The normalized spacial score (nSPS) is 17.6. The van der Waals surface area contributed by atoms with Crippen LogP contribution in [0.4, 0.5) is 0 Å². The van der Waals surface area contributed by atoms with Crippen molar-refractivity contribution in [2.45, 2.75) is 30.6 Å². The van der Waals surface area contributed by atoms with Gasteiger partial charge >= 0.3 is 0 Å². The minimum absolute atomic E-state index is 0.0233. The number of fused-ring (bicyclic) bond motifs is 1. The summed E-state index contributed by atoms with van der Waals surface area (Å²) in [6.07, 6.45) is 3.34. The molecule has 0 saturated carbocycles. The molecule has 0 radical (unpaired) electrons. The first-order valence-electron chi connectivity index (χ1n) is 6.80. The third-order valence-electron chi connectivity index (χ3n) is 3.73. The number of thiophene rings is 1. The second kappa shape index (κ2) is 6.10. The molecule has 1 atom stereocenters. The van der Waals surface area contributed by atoms with Gasteiger partial charge in [0.15, 0.2) is 0 Å². The zero-order chi connectivity index (χ0) is 13.9. The summed E-state index contributed by atoms with van der Waals surface area (Å²) in [5.41, 5.74) is 3.23. The van der Waals surface area contributed by atoms with Crippen molar-refractivity contribution < 1.29 is 4.79 Å². The summed E-state index contributed by atoms with van der Waals surface area (Å²) < 4.78 is 0. The maximum Gasteiger partial charge on any atom is 0.251 e. The number of benzene rings is 1. The zero-order valence-electron chi connectivity index (χ0n) is 11.1. The highest BCUT2D eigenvalue weighted by molar-refractivity contribution is 9.08. The molecule has 3 rings (SSSR count). The molecule has 104 valence electrons. The summed E-state index contributed by atoms with van der Waals surface area (Å²) in [6, 6.07) is 10.1. The van der Waals surface area contributed by atoms with E-state index in [1.807, 2.05) is 24.3 Å². The summed E-state index contributed by atoms with van der Waals surface area (Å²) in [5.74, 6) is 0.0233. The predicted octanol–water partition coefficient (Wildman–Crippen LogP) is 4.45. The number of hydrogen-bond donors (Lipinski definition) is 1. The molecule has 1 aromatic heterocycles. The lowest BCUT2D eigenvalue weighted by molar-refractivity contribution is 0.0933. The van der Waals surface area contributed by atoms with Gasteiger partial charge in [0.1, 0.15) is 0 Å². The van der Waals surface area contributed by atoms with Crippen molar-refractivity contribution >= 4 is 33.2 Å². The maximum atomic E-state index is 12.3. The molecule has 0 aliphatic heterocycles. The van der Waals surface area contributed by atoms with Crippen LogP contribution in [0.3, 0.4) is 0 Å². The fourth-order valence-corrected chi connectivity index (χ4v) is 3.98. The van der Waals surface area contributed by atoms with Crippen molar-refractivity contribution in [1.29, 1.82) is 0 Å². The van der Waals surface area contributed by atoms with Gasteiger partial charge < -0.3 is 5.32 Å². The minimum Gasteiger partial charge on any atom is -0.345 e. The fourth-order valence-electron chi connectivity index (χ4n) is 2.62. The molecular formula is C16H16BrNOS. The van der Waals surface area contributed by atoms with Gasteiger partial charge in [-0.15, -0.1) is 11.3 Å². The third kappa shape index (κ3) is 2.81. The van der Waals surface area contributed by atoms with Crippen LogP contribution in [0.2, 0.25) is 0 Å². The molecule has 1 unspecified atom stereocenters. The summed E-state index contributed by atoms with van der Waals surface area (Å²) in [7, 11) is 0. The van der Waals surface area contributed by atoms with Gasteiger partial charge in [0.25, 0.3) is 5.91 Å². The van der Waals surface area contributed by atoms with Gasteiger partial charge in [-0.3, -0.25) is 4.79 Å². The first-order chi connectivity index (χ1) is 9.78. The molecule has 0 spiro atoms. The topological polar surface area (TPSA) is 29.1 Å². The van der Waals surface area contributed by atoms with E-state index in [0.717, 1.165) is 30.2 Å². The van der Waals surface area contributed by atoms with E-state index in [0.29, 0.717) is 0 Å². The van der Waals surface area contributed by atoms with Gasteiger partial charge in [0, 0.05) is 15.8 Å². The molecular weight excluding hydrogens is 334 g/mol. The van der Waals surface area contributed by atoms with E-state index in [2.05, 4.69) is 32.7 Å². The number of amides is 1. The lowest BCUT2D eigenvalue weighted by atomic mass is 9.94. The van der Waals surface area contributed by atoms with E-state index in [1.54, 1.807) is 11.3 Å². The van der Waals surface area contributed by atoms with Crippen LogP contribution in [0.1, 0.15) is 45.2 Å². The highest BCUT2D eigenvalue weighted by Crippen LogP contribution is 2.33. The predicted molar refractivity (Wildman–Crippen MR) is 86.5 cm³/mol. The maximum absolute atomic E-state index is 12.3. The Bertz CT molecular complexity index is 605. The number of nitrogens with one attached hydrogen (secondary N) is 1. The number of aryl methyl sites for hydroxylation is 1. The molecule has 0 saturated heterocycles. The van der Waals surface area contributed by atoms with Crippen molar-refractivity contribution in [3.05, 3.63) is 57.3 Å². The Kier molecular flexibility index (Phi) is 4.22. The Labute approximate surface area is 131 Å². The van der Waals surface area contributed by atoms with E-state index in [4.69, 9.17) is 0 Å². The van der Waals surface area contributed by atoms with Crippen molar-refractivity contribution in [2.24, 2.45) is 0 Å². The van der Waals surface area contributed by atoms with Crippen LogP contribution in [0.15, 0.2) is 35.7 Å². The second-order valence-electron chi connectivity index (χ2n) is 5.05. The van der Waals surface area contributed by atoms with Gasteiger partial charge in [-0.25, -0.2) is 0 Å². The number of carbonyl (C=O) groups is 1. The second-order valence-corrected chi connectivity index (χ2v) is 6.61. The summed E-state index contributed by atoms with van der Waals surface area (Å²) in [4.78, 5) is 13.8. The van der Waals surface area contributed by atoms with Crippen molar-refractivity contribution in [2.75, 3.05) is 0 Å². The smallest absolute Gasteiger partial charge is 0.251 e. The SMILES string of the molecule is O=C(NC1CCCc2sccc21)c1ccc(CBr)cc1.